The second-order valence-corrected chi connectivity index (χ2v) is 4.38. The van der Waals surface area contributed by atoms with Crippen molar-refractivity contribution in [2.24, 2.45) is 0 Å². The predicted octanol–water partition coefficient (Wildman–Crippen LogP) is 2.82. The molecule has 2 unspecified atom stereocenters. The summed E-state index contributed by atoms with van der Waals surface area (Å²) < 4.78 is 5.59. The number of rotatable bonds is 2. The molecule has 0 amide bonds. The van der Waals surface area contributed by atoms with E-state index in [2.05, 4.69) is 15.9 Å². The van der Waals surface area contributed by atoms with Crippen LogP contribution in [-0.2, 0) is 14.5 Å². The van der Waals surface area contributed by atoms with Gasteiger partial charge in [-0.1, -0.05) is 46.3 Å². The monoisotopic (exact) mass is 272 g/mol. The summed E-state index contributed by atoms with van der Waals surface area (Å²) in [5.74, 6) is 0. The summed E-state index contributed by atoms with van der Waals surface area (Å²) in [7, 11) is 0. The molecule has 1 fully saturated rings. The molecule has 0 aromatic heterocycles. The van der Waals surface area contributed by atoms with Crippen molar-refractivity contribution >= 4 is 15.9 Å². The molecule has 1 aliphatic heterocycles. The molecule has 0 N–H and O–H groups in total. The van der Waals surface area contributed by atoms with Gasteiger partial charge in [0.2, 0.25) is 6.29 Å². The number of alkyl halides is 1. The van der Waals surface area contributed by atoms with Gasteiger partial charge in [0, 0.05) is 10.9 Å². The first-order chi connectivity index (χ1) is 7.23. The molecule has 4 heteroatoms. The van der Waals surface area contributed by atoms with Crippen LogP contribution in [0.2, 0.25) is 0 Å². The van der Waals surface area contributed by atoms with Crippen molar-refractivity contribution < 1.29 is 14.5 Å². The normalized spacial score (nSPS) is 31.5. The molecular weight excluding hydrogens is 260 g/mol. The quantitative estimate of drug-likeness (QED) is 0.612. The maximum atomic E-state index is 5.59. The van der Waals surface area contributed by atoms with Crippen molar-refractivity contribution in [1.82, 2.24) is 0 Å². The summed E-state index contributed by atoms with van der Waals surface area (Å²) in [6, 6.07) is 9.74. The van der Waals surface area contributed by atoms with E-state index in [4.69, 9.17) is 14.5 Å². The Bertz CT molecular complexity index is 307. The molecule has 3 nitrogen and oxygen atoms in total. The molecule has 15 heavy (non-hydrogen) atoms. The minimum atomic E-state index is -0.418. The van der Waals surface area contributed by atoms with Gasteiger partial charge in [-0.05, 0) is 6.92 Å². The SMILES string of the molecule is CC1(CBr)COC(c2ccccc2)OO1. The third-order valence-corrected chi connectivity index (χ3v) is 3.42. The van der Waals surface area contributed by atoms with Crippen LogP contribution in [0.1, 0.15) is 18.8 Å². The number of ether oxygens (including phenoxy) is 1. The van der Waals surface area contributed by atoms with Crippen molar-refractivity contribution in [2.75, 3.05) is 11.9 Å². The van der Waals surface area contributed by atoms with Crippen molar-refractivity contribution in [1.29, 1.82) is 0 Å². The molecule has 0 saturated carbocycles. The zero-order valence-corrected chi connectivity index (χ0v) is 10.1. The minimum absolute atomic E-state index is 0.398. The Kier molecular flexibility index (Phi) is 3.41. The molecule has 1 heterocycles. The van der Waals surface area contributed by atoms with E-state index in [9.17, 15) is 0 Å². The third-order valence-electron chi connectivity index (χ3n) is 2.23. The van der Waals surface area contributed by atoms with Crippen molar-refractivity contribution in [3.8, 4) is 0 Å². The molecule has 0 bridgehead atoms. The van der Waals surface area contributed by atoms with E-state index in [0.717, 1.165) is 5.56 Å². The van der Waals surface area contributed by atoms with E-state index >= 15 is 0 Å². The minimum Gasteiger partial charge on any atom is -0.343 e. The smallest absolute Gasteiger partial charge is 0.217 e. The van der Waals surface area contributed by atoms with Gasteiger partial charge < -0.3 is 4.74 Å². The van der Waals surface area contributed by atoms with Gasteiger partial charge in [-0.15, -0.1) is 0 Å². The molecule has 0 aliphatic carbocycles. The standard InChI is InChI=1S/C11H13BrO3/c1-11(7-12)8-13-10(14-15-11)9-5-3-2-4-6-9/h2-6,10H,7-8H2,1H3. The summed E-state index contributed by atoms with van der Waals surface area (Å²) in [5.41, 5.74) is 0.569. The largest absolute Gasteiger partial charge is 0.343 e. The first-order valence-corrected chi connectivity index (χ1v) is 5.93. The molecule has 0 spiro atoms. The Morgan fingerprint density at radius 2 is 2.13 bits per heavy atom. The fraction of sp³-hybridized carbons (Fsp3) is 0.455. The highest BCUT2D eigenvalue weighted by atomic mass is 79.9. The average molecular weight is 273 g/mol. The lowest BCUT2D eigenvalue weighted by Gasteiger charge is -2.34. The second-order valence-electron chi connectivity index (χ2n) is 3.82. The van der Waals surface area contributed by atoms with E-state index in [1.807, 2.05) is 37.3 Å². The van der Waals surface area contributed by atoms with Crippen LogP contribution in [0.3, 0.4) is 0 Å². The van der Waals surface area contributed by atoms with Gasteiger partial charge in [0.05, 0.1) is 6.61 Å². The highest BCUT2D eigenvalue weighted by Crippen LogP contribution is 2.29. The predicted molar refractivity (Wildman–Crippen MR) is 59.5 cm³/mol. The molecule has 0 radical (unpaired) electrons. The van der Waals surface area contributed by atoms with Crippen molar-refractivity contribution in [3.05, 3.63) is 35.9 Å². The Balaban J connectivity index is 2.00. The topological polar surface area (TPSA) is 27.7 Å². The zero-order valence-electron chi connectivity index (χ0n) is 8.48. The van der Waals surface area contributed by atoms with Crippen LogP contribution in [-0.4, -0.2) is 17.5 Å². The summed E-state index contributed by atoms with van der Waals surface area (Å²) in [5, 5.41) is 0.682. The van der Waals surface area contributed by atoms with E-state index in [0.29, 0.717) is 11.9 Å². The third kappa shape index (κ3) is 2.58. The van der Waals surface area contributed by atoms with Crippen LogP contribution in [0.5, 0.6) is 0 Å². The Morgan fingerprint density at radius 1 is 1.40 bits per heavy atom. The van der Waals surface area contributed by atoms with Gasteiger partial charge in [0.25, 0.3) is 0 Å². The molecular formula is C11H13BrO3. The van der Waals surface area contributed by atoms with Crippen molar-refractivity contribution in [2.45, 2.75) is 18.8 Å². The first-order valence-electron chi connectivity index (χ1n) is 4.80. The number of hydrogen-bond donors (Lipinski definition) is 0. The van der Waals surface area contributed by atoms with Crippen LogP contribution in [0.4, 0.5) is 0 Å². The molecule has 2 rings (SSSR count). The molecule has 2 atom stereocenters. The fourth-order valence-electron chi connectivity index (χ4n) is 1.29. The molecule has 1 aromatic rings. The Labute approximate surface area is 97.4 Å². The van der Waals surface area contributed by atoms with Gasteiger partial charge in [0.15, 0.2) is 0 Å². The lowest BCUT2D eigenvalue weighted by Crippen LogP contribution is -2.42. The average Bonchev–Trinajstić information content (AvgIpc) is 2.31. The van der Waals surface area contributed by atoms with Crippen molar-refractivity contribution in [3.63, 3.8) is 0 Å². The summed E-state index contributed by atoms with van der Waals surface area (Å²) in [4.78, 5) is 10.5. The number of hydrogen-bond acceptors (Lipinski definition) is 3. The van der Waals surface area contributed by atoms with E-state index < -0.39 is 11.9 Å². The zero-order chi connectivity index (χ0) is 10.7. The number of halogens is 1. The van der Waals surface area contributed by atoms with Crippen LogP contribution in [0, 0.1) is 0 Å². The molecule has 82 valence electrons. The summed E-state index contributed by atoms with van der Waals surface area (Å²) >= 11 is 3.36. The van der Waals surface area contributed by atoms with Gasteiger partial charge >= 0.3 is 0 Å². The molecule has 1 saturated heterocycles. The van der Waals surface area contributed by atoms with E-state index in [1.54, 1.807) is 0 Å². The summed E-state index contributed by atoms with van der Waals surface area (Å²) in [6.07, 6.45) is -0.418. The van der Waals surface area contributed by atoms with Crippen LogP contribution in [0.15, 0.2) is 30.3 Å². The van der Waals surface area contributed by atoms with E-state index in [1.165, 1.54) is 0 Å². The molecule has 1 aliphatic rings. The highest BCUT2D eigenvalue weighted by molar-refractivity contribution is 9.09. The van der Waals surface area contributed by atoms with Crippen LogP contribution >= 0.6 is 15.9 Å². The van der Waals surface area contributed by atoms with Crippen LogP contribution in [0.25, 0.3) is 0 Å². The van der Waals surface area contributed by atoms with Gasteiger partial charge in [-0.25, -0.2) is 4.89 Å². The summed E-state index contributed by atoms with van der Waals surface area (Å²) in [6.45, 7) is 2.45. The van der Waals surface area contributed by atoms with Gasteiger partial charge in [-0.2, -0.15) is 4.89 Å². The Hall–Kier alpha value is -0.420. The second kappa shape index (κ2) is 4.61. The van der Waals surface area contributed by atoms with E-state index in [-0.39, 0.29) is 0 Å². The lowest BCUT2D eigenvalue weighted by molar-refractivity contribution is -0.467. The molecule has 1 aromatic carbocycles. The highest BCUT2D eigenvalue weighted by Gasteiger charge is 2.34. The Morgan fingerprint density at radius 3 is 2.67 bits per heavy atom. The lowest BCUT2D eigenvalue weighted by atomic mass is 10.1. The maximum absolute atomic E-state index is 5.59. The van der Waals surface area contributed by atoms with Gasteiger partial charge in [0.1, 0.15) is 5.60 Å². The maximum Gasteiger partial charge on any atom is 0.217 e. The van der Waals surface area contributed by atoms with Gasteiger partial charge in [-0.3, -0.25) is 0 Å². The fourth-order valence-corrected chi connectivity index (χ4v) is 1.54. The first kappa shape index (κ1) is 11.1. The number of benzene rings is 1. The van der Waals surface area contributed by atoms with Crippen LogP contribution < -0.4 is 0 Å².